The molecule has 0 bridgehead atoms. The van der Waals surface area contributed by atoms with E-state index in [1.165, 1.54) is 6.07 Å². The number of methoxy groups -OCH3 is 1. The van der Waals surface area contributed by atoms with Gasteiger partial charge in [-0.15, -0.1) is 0 Å². The summed E-state index contributed by atoms with van der Waals surface area (Å²) in [5.74, 6) is 1.15. The van der Waals surface area contributed by atoms with Gasteiger partial charge >= 0.3 is 5.97 Å². The molecule has 0 radical (unpaired) electrons. The Morgan fingerprint density at radius 3 is 2.68 bits per heavy atom. The van der Waals surface area contributed by atoms with Crippen LogP contribution in [0.1, 0.15) is 55.7 Å². The molecular weight excluding hydrogens is 473 g/mol. The Kier molecular flexibility index (Phi) is 7.53. The first-order valence-electron chi connectivity index (χ1n) is 12.9. The highest BCUT2D eigenvalue weighted by Crippen LogP contribution is 2.45. The molecule has 2 aromatic carbocycles. The average molecular weight is 506 g/mol. The van der Waals surface area contributed by atoms with Crippen molar-refractivity contribution in [2.45, 2.75) is 51.0 Å². The minimum atomic E-state index is -0.781. The second-order valence-corrected chi connectivity index (χ2v) is 9.83. The van der Waals surface area contributed by atoms with Crippen molar-refractivity contribution in [3.63, 3.8) is 0 Å². The molecule has 7 nitrogen and oxygen atoms in total. The number of rotatable bonds is 10. The number of ether oxygens (including phenoxy) is 2. The predicted octanol–water partition coefficient (Wildman–Crippen LogP) is 5.83. The number of anilines is 1. The van der Waals surface area contributed by atoms with Crippen LogP contribution >= 0.6 is 0 Å². The molecule has 1 aliphatic carbocycles. The van der Waals surface area contributed by atoms with Gasteiger partial charge < -0.3 is 19.5 Å². The summed E-state index contributed by atoms with van der Waals surface area (Å²) in [5.41, 5.74) is 2.48. The summed E-state index contributed by atoms with van der Waals surface area (Å²) in [5, 5.41) is 9.35. The summed E-state index contributed by atoms with van der Waals surface area (Å²) in [6.45, 7) is 1.88. The van der Waals surface area contributed by atoms with E-state index in [1.807, 2.05) is 24.3 Å². The Labute approximate surface area is 216 Å². The first kappa shape index (κ1) is 25.0. The number of hydrogen-bond donors (Lipinski definition) is 1. The fourth-order valence-electron chi connectivity index (χ4n) is 5.05. The fourth-order valence-corrected chi connectivity index (χ4v) is 5.05. The maximum atomic E-state index is 14.8. The lowest BCUT2D eigenvalue weighted by molar-refractivity contribution is -0.137. The van der Waals surface area contributed by atoms with Gasteiger partial charge in [0.1, 0.15) is 29.6 Å². The predicted molar refractivity (Wildman–Crippen MR) is 139 cm³/mol. The van der Waals surface area contributed by atoms with Crippen molar-refractivity contribution in [2.24, 2.45) is 5.92 Å². The van der Waals surface area contributed by atoms with Crippen LogP contribution in [0.4, 0.5) is 10.2 Å². The number of halogens is 1. The molecule has 1 aliphatic heterocycles. The van der Waals surface area contributed by atoms with E-state index < -0.39 is 5.97 Å². The van der Waals surface area contributed by atoms with E-state index in [2.05, 4.69) is 9.88 Å². The van der Waals surface area contributed by atoms with Crippen LogP contribution in [0.2, 0.25) is 0 Å². The Balaban J connectivity index is 1.39. The highest BCUT2D eigenvalue weighted by atomic mass is 19.1. The molecule has 1 N–H and O–H groups in total. The van der Waals surface area contributed by atoms with E-state index in [4.69, 9.17) is 14.5 Å². The number of benzene rings is 2. The number of carboxylic acid groups (broad SMARTS) is 1. The van der Waals surface area contributed by atoms with Crippen LogP contribution in [0.5, 0.6) is 11.5 Å². The zero-order chi connectivity index (χ0) is 25.8. The Hall–Kier alpha value is -3.68. The number of aliphatic carboxylic acids is 1. The fraction of sp³-hybridized carbons (Fsp3) is 0.414. The van der Waals surface area contributed by atoms with E-state index in [0.717, 1.165) is 50.8 Å². The third-order valence-corrected chi connectivity index (χ3v) is 7.15. The van der Waals surface area contributed by atoms with E-state index in [-0.39, 0.29) is 24.8 Å². The molecule has 2 heterocycles. The van der Waals surface area contributed by atoms with Gasteiger partial charge in [-0.05, 0) is 79.8 Å². The van der Waals surface area contributed by atoms with Crippen molar-refractivity contribution >= 4 is 11.8 Å². The van der Waals surface area contributed by atoms with Crippen LogP contribution in [-0.4, -0.2) is 41.2 Å². The van der Waals surface area contributed by atoms with Gasteiger partial charge in [0.25, 0.3) is 0 Å². The first-order chi connectivity index (χ1) is 18.0. The number of carbonyl (C=O) groups is 1. The molecule has 2 fully saturated rings. The molecule has 0 spiro atoms. The zero-order valence-corrected chi connectivity index (χ0v) is 21.0. The Morgan fingerprint density at radius 1 is 1.14 bits per heavy atom. The first-order valence-corrected chi connectivity index (χ1v) is 12.9. The Bertz CT molecular complexity index is 1260. The molecule has 8 heteroatoms. The van der Waals surface area contributed by atoms with Crippen molar-refractivity contribution in [1.82, 2.24) is 9.97 Å². The molecule has 1 atom stereocenters. The van der Waals surface area contributed by atoms with Crippen LogP contribution in [0.3, 0.4) is 0 Å². The minimum Gasteiger partial charge on any atom is -0.497 e. The molecule has 37 heavy (non-hydrogen) atoms. The molecule has 1 aromatic heterocycles. The molecule has 1 unspecified atom stereocenters. The van der Waals surface area contributed by atoms with Crippen molar-refractivity contribution < 1.29 is 23.8 Å². The Morgan fingerprint density at radius 2 is 1.95 bits per heavy atom. The third-order valence-electron chi connectivity index (χ3n) is 7.15. The molecule has 3 aromatic rings. The van der Waals surface area contributed by atoms with Crippen LogP contribution in [0.25, 0.3) is 11.3 Å². The van der Waals surface area contributed by atoms with Gasteiger partial charge in [-0.1, -0.05) is 12.1 Å². The normalized spacial score (nSPS) is 16.3. The summed E-state index contributed by atoms with van der Waals surface area (Å²) >= 11 is 0. The number of hydrogen-bond acceptors (Lipinski definition) is 6. The van der Waals surface area contributed by atoms with Gasteiger partial charge in [0.2, 0.25) is 0 Å². The second-order valence-electron chi connectivity index (χ2n) is 9.83. The molecule has 1 saturated carbocycles. The van der Waals surface area contributed by atoms with Crippen LogP contribution < -0.4 is 14.4 Å². The molecule has 194 valence electrons. The standard InChI is InChI=1S/C29H32FN3O4/c1-36-22-10-11-26(30)25(15-22)28-29(33-12-3-2-4-13-33)32-21(17-31-28)18-37-23-7-5-6-20(14-23)24(16-27(34)35)19-8-9-19/h5-7,10-11,14-15,17,19,24H,2-4,8-9,12-13,16,18H2,1H3,(H,34,35). The number of nitrogens with zero attached hydrogens (tertiary/aromatic N) is 3. The summed E-state index contributed by atoms with van der Waals surface area (Å²) in [4.78, 5) is 23.1. The van der Waals surface area contributed by atoms with Crippen LogP contribution in [-0.2, 0) is 11.4 Å². The lowest BCUT2D eigenvalue weighted by Gasteiger charge is -2.29. The van der Waals surface area contributed by atoms with E-state index in [0.29, 0.717) is 40.2 Å². The highest BCUT2D eigenvalue weighted by Gasteiger charge is 2.33. The molecule has 1 saturated heterocycles. The number of piperidine rings is 1. The van der Waals surface area contributed by atoms with Crippen molar-refractivity contribution in [2.75, 3.05) is 25.1 Å². The minimum absolute atomic E-state index is 0.00332. The van der Waals surface area contributed by atoms with Crippen molar-refractivity contribution in [3.05, 3.63) is 65.7 Å². The average Bonchev–Trinajstić information content (AvgIpc) is 3.77. The van der Waals surface area contributed by atoms with Gasteiger partial charge in [-0.3, -0.25) is 9.78 Å². The third kappa shape index (κ3) is 6.01. The molecule has 2 aliphatic rings. The van der Waals surface area contributed by atoms with Gasteiger partial charge in [0, 0.05) is 18.7 Å². The number of aromatic nitrogens is 2. The molecular formula is C29H32FN3O4. The van der Waals surface area contributed by atoms with E-state index in [1.54, 1.807) is 25.4 Å². The topological polar surface area (TPSA) is 84.8 Å². The van der Waals surface area contributed by atoms with Crippen molar-refractivity contribution in [3.8, 4) is 22.8 Å². The van der Waals surface area contributed by atoms with Gasteiger partial charge in [-0.25, -0.2) is 9.37 Å². The van der Waals surface area contributed by atoms with Crippen LogP contribution in [0, 0.1) is 11.7 Å². The number of carboxylic acids is 1. The van der Waals surface area contributed by atoms with Gasteiger partial charge in [-0.2, -0.15) is 0 Å². The van der Waals surface area contributed by atoms with Gasteiger partial charge in [0.15, 0.2) is 5.82 Å². The molecule has 5 rings (SSSR count). The molecule has 0 amide bonds. The van der Waals surface area contributed by atoms with E-state index in [9.17, 15) is 14.3 Å². The van der Waals surface area contributed by atoms with E-state index >= 15 is 0 Å². The lowest BCUT2D eigenvalue weighted by atomic mass is 9.91. The van der Waals surface area contributed by atoms with Crippen molar-refractivity contribution in [1.29, 1.82) is 0 Å². The second kappa shape index (κ2) is 11.2. The zero-order valence-electron chi connectivity index (χ0n) is 21.0. The SMILES string of the molecule is COc1ccc(F)c(-c2ncc(COc3cccc(C(CC(=O)O)C4CC4)c3)nc2N2CCCCC2)c1. The lowest BCUT2D eigenvalue weighted by Crippen LogP contribution is -2.31. The summed E-state index contributed by atoms with van der Waals surface area (Å²) in [7, 11) is 1.55. The quantitative estimate of drug-likeness (QED) is 0.371. The highest BCUT2D eigenvalue weighted by molar-refractivity contribution is 5.74. The maximum absolute atomic E-state index is 14.8. The maximum Gasteiger partial charge on any atom is 0.303 e. The van der Waals surface area contributed by atoms with Crippen LogP contribution in [0.15, 0.2) is 48.7 Å². The largest absolute Gasteiger partial charge is 0.497 e. The summed E-state index contributed by atoms with van der Waals surface area (Å²) < 4.78 is 26.2. The monoisotopic (exact) mass is 505 g/mol. The summed E-state index contributed by atoms with van der Waals surface area (Å²) in [6, 6.07) is 12.3. The van der Waals surface area contributed by atoms with Gasteiger partial charge in [0.05, 0.1) is 25.4 Å². The smallest absolute Gasteiger partial charge is 0.303 e. The summed E-state index contributed by atoms with van der Waals surface area (Å²) in [6.07, 6.45) is 7.15.